The molecule has 2 aromatic rings. The molecule has 0 bridgehead atoms. The average Bonchev–Trinajstić information content (AvgIpc) is 3.14. The molecule has 1 aliphatic rings. The quantitative estimate of drug-likeness (QED) is 0.807. The van der Waals surface area contributed by atoms with Crippen LogP contribution in [0.4, 0.5) is 4.79 Å². The molecule has 0 saturated carbocycles. The molecule has 1 fully saturated rings. The van der Waals surface area contributed by atoms with Crippen LogP contribution < -0.4 is 5.32 Å². The van der Waals surface area contributed by atoms with E-state index < -0.39 is 18.1 Å². The number of hydrogen-bond donors (Lipinski definition) is 1. The summed E-state index contributed by atoms with van der Waals surface area (Å²) < 4.78 is 15.9. The molecule has 6 heteroatoms. The number of amides is 1. The van der Waals surface area contributed by atoms with Crippen molar-refractivity contribution in [3.05, 3.63) is 71.8 Å². The molecular formula is C20H21NO5. The fourth-order valence-corrected chi connectivity index (χ4v) is 2.68. The van der Waals surface area contributed by atoms with E-state index in [1.54, 1.807) is 0 Å². The minimum atomic E-state index is -0.579. The van der Waals surface area contributed by atoms with E-state index in [1.165, 1.54) is 0 Å². The minimum absolute atomic E-state index is 0.170. The van der Waals surface area contributed by atoms with Gasteiger partial charge in [0.2, 0.25) is 0 Å². The molecule has 3 rings (SSSR count). The third kappa shape index (κ3) is 5.07. The van der Waals surface area contributed by atoms with Crippen molar-refractivity contribution in [1.82, 2.24) is 5.32 Å². The number of hydrogen-bond acceptors (Lipinski definition) is 5. The number of rotatable bonds is 6. The average molecular weight is 355 g/mol. The van der Waals surface area contributed by atoms with E-state index >= 15 is 0 Å². The maximum atomic E-state index is 12.3. The molecule has 0 aromatic heterocycles. The summed E-state index contributed by atoms with van der Waals surface area (Å²) in [6.07, 6.45) is -0.579. The normalized spacial score (nSPS) is 18.9. The third-order valence-corrected chi connectivity index (χ3v) is 4.12. The zero-order chi connectivity index (χ0) is 18.2. The Kier molecular flexibility index (Phi) is 6.22. The number of carbonyl (C=O) groups is 2. The van der Waals surface area contributed by atoms with Crippen molar-refractivity contribution in [1.29, 1.82) is 0 Å². The molecule has 0 aliphatic carbocycles. The molecular weight excluding hydrogens is 334 g/mol. The number of carbonyl (C=O) groups excluding carboxylic acids is 2. The fraction of sp³-hybridized carbons (Fsp3) is 0.300. The molecule has 1 aliphatic heterocycles. The van der Waals surface area contributed by atoms with E-state index in [-0.39, 0.29) is 32.4 Å². The topological polar surface area (TPSA) is 73.9 Å². The molecule has 1 heterocycles. The van der Waals surface area contributed by atoms with Gasteiger partial charge < -0.3 is 19.5 Å². The molecule has 0 radical (unpaired) electrons. The van der Waals surface area contributed by atoms with Gasteiger partial charge in [-0.2, -0.15) is 0 Å². The maximum absolute atomic E-state index is 12.3. The lowest BCUT2D eigenvalue weighted by Gasteiger charge is -2.18. The van der Waals surface area contributed by atoms with Crippen molar-refractivity contribution in [2.45, 2.75) is 19.3 Å². The lowest BCUT2D eigenvalue weighted by Crippen LogP contribution is -2.43. The van der Waals surface area contributed by atoms with E-state index in [9.17, 15) is 9.59 Å². The molecule has 1 N–H and O–H groups in total. The lowest BCUT2D eigenvalue weighted by molar-refractivity contribution is -0.150. The van der Waals surface area contributed by atoms with Crippen LogP contribution in [0.3, 0.4) is 0 Å². The Balaban J connectivity index is 1.46. The Labute approximate surface area is 152 Å². The summed E-state index contributed by atoms with van der Waals surface area (Å²) >= 11 is 0. The Morgan fingerprint density at radius 1 is 0.885 bits per heavy atom. The highest BCUT2D eigenvalue weighted by atomic mass is 16.6. The maximum Gasteiger partial charge on any atom is 0.407 e. The van der Waals surface area contributed by atoms with Crippen molar-refractivity contribution in [2.24, 2.45) is 5.92 Å². The Morgan fingerprint density at radius 3 is 2.08 bits per heavy atom. The number of benzene rings is 2. The SMILES string of the molecule is O=C(NC1COCC1C(=O)OCc1ccccc1)OCc1ccccc1. The lowest BCUT2D eigenvalue weighted by atomic mass is 10.0. The fourth-order valence-electron chi connectivity index (χ4n) is 2.68. The van der Waals surface area contributed by atoms with Gasteiger partial charge in [-0.1, -0.05) is 60.7 Å². The molecule has 2 unspecified atom stereocenters. The second-order valence-electron chi connectivity index (χ2n) is 6.05. The van der Waals surface area contributed by atoms with Gasteiger partial charge in [0.15, 0.2) is 0 Å². The van der Waals surface area contributed by atoms with Crippen molar-refractivity contribution in [3.8, 4) is 0 Å². The van der Waals surface area contributed by atoms with E-state index in [4.69, 9.17) is 14.2 Å². The standard InChI is InChI=1S/C20H21NO5/c22-19(25-11-15-7-3-1-4-8-15)17-13-24-14-18(17)21-20(23)26-12-16-9-5-2-6-10-16/h1-10,17-18H,11-14H2,(H,21,23). The highest BCUT2D eigenvalue weighted by molar-refractivity contribution is 5.75. The summed E-state index contributed by atoms with van der Waals surface area (Å²) in [6.45, 7) is 0.841. The van der Waals surface area contributed by atoms with Crippen LogP contribution in [-0.4, -0.2) is 31.3 Å². The van der Waals surface area contributed by atoms with Gasteiger partial charge in [-0.05, 0) is 11.1 Å². The van der Waals surface area contributed by atoms with Crippen molar-refractivity contribution < 1.29 is 23.8 Å². The predicted molar refractivity (Wildman–Crippen MR) is 94.1 cm³/mol. The molecule has 2 atom stereocenters. The first-order valence-electron chi connectivity index (χ1n) is 8.48. The van der Waals surface area contributed by atoms with E-state index in [0.717, 1.165) is 11.1 Å². The van der Waals surface area contributed by atoms with E-state index in [2.05, 4.69) is 5.32 Å². The van der Waals surface area contributed by atoms with Gasteiger partial charge in [-0.3, -0.25) is 4.79 Å². The van der Waals surface area contributed by atoms with Gasteiger partial charge >= 0.3 is 12.1 Å². The van der Waals surface area contributed by atoms with E-state index in [1.807, 2.05) is 60.7 Å². The van der Waals surface area contributed by atoms with Gasteiger partial charge in [0.1, 0.15) is 19.1 Å². The second kappa shape index (κ2) is 9.01. The van der Waals surface area contributed by atoms with Crippen molar-refractivity contribution in [3.63, 3.8) is 0 Å². The van der Waals surface area contributed by atoms with Crippen LogP contribution in [0.1, 0.15) is 11.1 Å². The van der Waals surface area contributed by atoms with Crippen LogP contribution in [0.2, 0.25) is 0 Å². The second-order valence-corrected chi connectivity index (χ2v) is 6.05. The van der Waals surface area contributed by atoms with Crippen LogP contribution in [0, 0.1) is 5.92 Å². The van der Waals surface area contributed by atoms with Gasteiger partial charge in [-0.25, -0.2) is 4.79 Å². The summed E-state index contributed by atoms with van der Waals surface area (Å²) in [5.41, 5.74) is 1.80. The summed E-state index contributed by atoms with van der Waals surface area (Å²) in [7, 11) is 0. The van der Waals surface area contributed by atoms with Gasteiger partial charge in [0, 0.05) is 0 Å². The molecule has 2 aromatic carbocycles. The Hall–Kier alpha value is -2.86. The highest BCUT2D eigenvalue weighted by Crippen LogP contribution is 2.17. The zero-order valence-corrected chi connectivity index (χ0v) is 14.3. The van der Waals surface area contributed by atoms with Crippen LogP contribution in [0.5, 0.6) is 0 Å². The summed E-state index contributed by atoms with van der Waals surface area (Å²) in [4.78, 5) is 24.3. The molecule has 6 nitrogen and oxygen atoms in total. The molecule has 1 saturated heterocycles. The van der Waals surface area contributed by atoms with Crippen molar-refractivity contribution >= 4 is 12.1 Å². The van der Waals surface area contributed by atoms with Crippen LogP contribution in [0.25, 0.3) is 0 Å². The van der Waals surface area contributed by atoms with E-state index in [0.29, 0.717) is 0 Å². The Bertz CT molecular complexity index is 719. The summed E-state index contributed by atoms with van der Waals surface area (Å²) in [5.74, 6) is -0.928. The molecule has 0 spiro atoms. The van der Waals surface area contributed by atoms with Crippen LogP contribution in [0.15, 0.2) is 60.7 Å². The number of alkyl carbamates (subject to hydrolysis) is 1. The first-order chi connectivity index (χ1) is 12.7. The Morgan fingerprint density at radius 2 is 1.46 bits per heavy atom. The smallest absolute Gasteiger partial charge is 0.407 e. The molecule has 26 heavy (non-hydrogen) atoms. The predicted octanol–water partition coefficient (Wildman–Crippen LogP) is 2.67. The minimum Gasteiger partial charge on any atom is -0.460 e. The van der Waals surface area contributed by atoms with Crippen LogP contribution >= 0.6 is 0 Å². The van der Waals surface area contributed by atoms with Gasteiger partial charge in [-0.15, -0.1) is 0 Å². The highest BCUT2D eigenvalue weighted by Gasteiger charge is 2.36. The summed E-state index contributed by atoms with van der Waals surface area (Å²) in [5, 5.41) is 2.69. The third-order valence-electron chi connectivity index (χ3n) is 4.12. The van der Waals surface area contributed by atoms with Gasteiger partial charge in [0.05, 0.1) is 19.3 Å². The summed E-state index contributed by atoms with van der Waals surface area (Å²) in [6, 6.07) is 18.4. The number of esters is 1. The molecule has 1 amide bonds. The zero-order valence-electron chi connectivity index (χ0n) is 14.3. The largest absolute Gasteiger partial charge is 0.460 e. The van der Waals surface area contributed by atoms with Gasteiger partial charge in [0.25, 0.3) is 0 Å². The van der Waals surface area contributed by atoms with Crippen LogP contribution in [-0.2, 0) is 32.2 Å². The number of nitrogens with one attached hydrogen (secondary N) is 1. The molecule has 136 valence electrons. The first kappa shape index (κ1) is 17.9. The number of ether oxygens (including phenoxy) is 3. The first-order valence-corrected chi connectivity index (χ1v) is 8.48. The van der Waals surface area contributed by atoms with Crippen molar-refractivity contribution in [2.75, 3.05) is 13.2 Å². The monoisotopic (exact) mass is 355 g/mol.